The molecule has 1 fully saturated rings. The Morgan fingerprint density at radius 2 is 2.04 bits per heavy atom. The molecule has 26 heavy (non-hydrogen) atoms. The summed E-state index contributed by atoms with van der Waals surface area (Å²) >= 11 is 6.05. The highest BCUT2D eigenvalue weighted by molar-refractivity contribution is 6.30. The highest BCUT2D eigenvalue weighted by atomic mass is 35.5. The molecule has 1 aliphatic rings. The Morgan fingerprint density at radius 3 is 2.58 bits per heavy atom. The minimum absolute atomic E-state index is 0.0282. The number of carbonyl (C=O) groups is 1. The second-order valence-electron chi connectivity index (χ2n) is 6.43. The van der Waals surface area contributed by atoms with Gasteiger partial charge in [0, 0.05) is 31.1 Å². The van der Waals surface area contributed by atoms with Crippen LogP contribution in [-0.2, 0) is 10.2 Å². The number of hydrogen-bond donors (Lipinski definition) is 2. The maximum Gasteiger partial charge on any atom is 0.406 e. The van der Waals surface area contributed by atoms with E-state index in [1.807, 2.05) is 24.3 Å². The van der Waals surface area contributed by atoms with Gasteiger partial charge in [-0.2, -0.15) is 13.2 Å². The molecule has 0 aromatic heterocycles. The third-order valence-corrected chi connectivity index (χ3v) is 4.59. The van der Waals surface area contributed by atoms with E-state index in [1.165, 1.54) is 7.05 Å². The van der Waals surface area contributed by atoms with Crippen molar-refractivity contribution in [1.82, 2.24) is 15.5 Å². The zero-order valence-corrected chi connectivity index (χ0v) is 15.4. The van der Waals surface area contributed by atoms with Crippen molar-refractivity contribution < 1.29 is 18.0 Å². The fraction of sp³-hybridized carbons (Fsp3) is 0.529. The molecule has 1 amide bonds. The van der Waals surface area contributed by atoms with Crippen LogP contribution in [0.4, 0.5) is 13.2 Å². The van der Waals surface area contributed by atoms with E-state index in [-0.39, 0.29) is 12.0 Å². The van der Waals surface area contributed by atoms with Gasteiger partial charge in [-0.05, 0) is 30.5 Å². The van der Waals surface area contributed by atoms with Gasteiger partial charge >= 0.3 is 6.18 Å². The van der Waals surface area contributed by atoms with Gasteiger partial charge in [0.25, 0.3) is 0 Å². The monoisotopic (exact) mass is 390 g/mol. The number of likely N-dealkylation sites (N-methyl/N-ethyl adjacent to an activating group) is 1. The van der Waals surface area contributed by atoms with Crippen molar-refractivity contribution in [2.24, 2.45) is 4.99 Å². The number of nitrogens with one attached hydrogen (secondary N) is 2. The number of carbonyl (C=O) groups excluding carboxylic acids is 1. The van der Waals surface area contributed by atoms with Gasteiger partial charge in [-0.25, -0.2) is 0 Å². The molecule has 2 N–H and O–H groups in total. The van der Waals surface area contributed by atoms with Crippen LogP contribution in [0, 0.1) is 0 Å². The van der Waals surface area contributed by atoms with E-state index in [4.69, 9.17) is 11.6 Å². The molecular formula is C17H22ClF3N4O. The van der Waals surface area contributed by atoms with E-state index < -0.39 is 18.6 Å². The molecule has 2 rings (SSSR count). The summed E-state index contributed by atoms with van der Waals surface area (Å²) in [5.74, 6) is -0.298. The highest BCUT2D eigenvalue weighted by Gasteiger charge is 2.44. The summed E-state index contributed by atoms with van der Waals surface area (Å²) < 4.78 is 37.0. The Bertz CT molecular complexity index is 674. The Balaban J connectivity index is 1.84. The second kappa shape index (κ2) is 8.16. The zero-order valence-electron chi connectivity index (χ0n) is 14.7. The average molecular weight is 391 g/mol. The highest BCUT2D eigenvalue weighted by Crippen LogP contribution is 2.48. The summed E-state index contributed by atoms with van der Waals surface area (Å²) in [4.78, 5) is 16.4. The lowest BCUT2D eigenvalue weighted by atomic mass is 9.96. The molecule has 1 aromatic carbocycles. The lowest BCUT2D eigenvalue weighted by molar-refractivity contribution is -0.157. The lowest BCUT2D eigenvalue weighted by Gasteiger charge is -2.21. The predicted molar refractivity (Wildman–Crippen MR) is 95.4 cm³/mol. The van der Waals surface area contributed by atoms with Crippen LogP contribution in [-0.4, -0.2) is 56.7 Å². The average Bonchev–Trinajstić information content (AvgIpc) is 3.34. The Hall–Kier alpha value is -1.96. The second-order valence-corrected chi connectivity index (χ2v) is 6.87. The molecule has 0 radical (unpaired) electrons. The number of rotatable bonds is 6. The minimum Gasteiger partial charge on any atom is -0.356 e. The normalized spacial score (nSPS) is 16.2. The third kappa shape index (κ3) is 5.79. The van der Waals surface area contributed by atoms with Crippen LogP contribution in [0.2, 0.25) is 5.02 Å². The number of benzene rings is 1. The quantitative estimate of drug-likeness (QED) is 0.580. The van der Waals surface area contributed by atoms with Gasteiger partial charge in [-0.15, -0.1) is 0 Å². The topological polar surface area (TPSA) is 56.7 Å². The van der Waals surface area contributed by atoms with E-state index >= 15 is 0 Å². The van der Waals surface area contributed by atoms with Crippen LogP contribution < -0.4 is 10.6 Å². The molecule has 0 aliphatic heterocycles. The Kier molecular flexibility index (Phi) is 6.39. The maximum atomic E-state index is 12.3. The zero-order chi connectivity index (χ0) is 19.4. The molecule has 1 aromatic rings. The fourth-order valence-corrected chi connectivity index (χ4v) is 2.85. The number of alkyl halides is 3. The number of nitrogens with zero attached hydrogens (tertiary/aromatic N) is 2. The first kappa shape index (κ1) is 20.4. The molecule has 0 heterocycles. The van der Waals surface area contributed by atoms with E-state index in [0.717, 1.165) is 25.5 Å². The Morgan fingerprint density at radius 1 is 1.35 bits per heavy atom. The standard InChI is InChI=1S/C17H22ClF3N4O/c1-22-15(23-9-14(26)25(2)11-17(19,20)21)24-10-16(6-7-16)12-4-3-5-13(18)8-12/h3-5,8H,6-7,9-11H2,1-2H3,(H2,22,23,24). The van der Waals surface area contributed by atoms with Crippen LogP contribution in [0.1, 0.15) is 18.4 Å². The summed E-state index contributed by atoms with van der Waals surface area (Å²) in [5.41, 5.74) is 1.11. The summed E-state index contributed by atoms with van der Waals surface area (Å²) in [6.07, 6.45) is -2.41. The van der Waals surface area contributed by atoms with Gasteiger partial charge in [0.05, 0.1) is 6.54 Å². The molecule has 0 saturated heterocycles. The molecule has 0 atom stereocenters. The van der Waals surface area contributed by atoms with Crippen LogP contribution in [0.25, 0.3) is 0 Å². The smallest absolute Gasteiger partial charge is 0.356 e. The molecule has 9 heteroatoms. The molecule has 0 spiro atoms. The van der Waals surface area contributed by atoms with Crippen molar-refractivity contribution in [1.29, 1.82) is 0 Å². The van der Waals surface area contributed by atoms with Crippen molar-refractivity contribution >= 4 is 23.5 Å². The van der Waals surface area contributed by atoms with Gasteiger partial charge in [-0.3, -0.25) is 9.79 Å². The van der Waals surface area contributed by atoms with Crippen LogP contribution in [0.15, 0.2) is 29.3 Å². The van der Waals surface area contributed by atoms with Gasteiger partial charge in [0.15, 0.2) is 5.96 Å². The fourth-order valence-electron chi connectivity index (χ4n) is 2.66. The van der Waals surface area contributed by atoms with Gasteiger partial charge in [-0.1, -0.05) is 23.7 Å². The molecule has 144 valence electrons. The minimum atomic E-state index is -4.42. The number of amides is 1. The SMILES string of the molecule is CN=C(NCC(=O)N(C)CC(F)(F)F)NCC1(c2cccc(Cl)c2)CC1. The number of hydrogen-bond acceptors (Lipinski definition) is 2. The van der Waals surface area contributed by atoms with Gasteiger partial charge in [0.2, 0.25) is 5.91 Å². The van der Waals surface area contributed by atoms with Crippen molar-refractivity contribution in [2.45, 2.75) is 24.4 Å². The molecular weight excluding hydrogens is 369 g/mol. The van der Waals surface area contributed by atoms with Crippen LogP contribution in [0.5, 0.6) is 0 Å². The van der Waals surface area contributed by atoms with Crippen molar-refractivity contribution in [3.8, 4) is 0 Å². The van der Waals surface area contributed by atoms with E-state index in [0.29, 0.717) is 22.4 Å². The number of aliphatic imine (C=N–C) groups is 1. The van der Waals surface area contributed by atoms with Gasteiger partial charge < -0.3 is 15.5 Å². The predicted octanol–water partition coefficient (Wildman–Crippen LogP) is 2.56. The molecule has 0 bridgehead atoms. The third-order valence-electron chi connectivity index (χ3n) is 4.36. The van der Waals surface area contributed by atoms with Crippen molar-refractivity contribution in [2.75, 3.05) is 33.7 Å². The molecule has 5 nitrogen and oxygen atoms in total. The van der Waals surface area contributed by atoms with E-state index in [2.05, 4.69) is 15.6 Å². The number of halogens is 4. The molecule has 1 aliphatic carbocycles. The number of guanidine groups is 1. The van der Waals surface area contributed by atoms with Crippen LogP contribution in [0.3, 0.4) is 0 Å². The van der Waals surface area contributed by atoms with Gasteiger partial charge in [0.1, 0.15) is 6.54 Å². The molecule has 1 saturated carbocycles. The first-order chi connectivity index (χ1) is 12.1. The summed E-state index contributed by atoms with van der Waals surface area (Å²) in [6.45, 7) is -0.951. The van der Waals surface area contributed by atoms with Crippen LogP contribution >= 0.6 is 11.6 Å². The summed E-state index contributed by atoms with van der Waals surface area (Å²) in [7, 11) is 2.66. The first-order valence-corrected chi connectivity index (χ1v) is 8.54. The lowest BCUT2D eigenvalue weighted by Crippen LogP contribution is -2.47. The summed E-state index contributed by atoms with van der Waals surface area (Å²) in [6, 6.07) is 7.67. The first-order valence-electron chi connectivity index (χ1n) is 8.16. The molecule has 0 unspecified atom stereocenters. The maximum absolute atomic E-state index is 12.3. The van der Waals surface area contributed by atoms with Crippen molar-refractivity contribution in [3.05, 3.63) is 34.9 Å². The largest absolute Gasteiger partial charge is 0.406 e. The van der Waals surface area contributed by atoms with E-state index in [9.17, 15) is 18.0 Å². The Labute approximate surface area is 155 Å². The van der Waals surface area contributed by atoms with E-state index in [1.54, 1.807) is 0 Å². The summed E-state index contributed by atoms with van der Waals surface area (Å²) in [5, 5.41) is 6.56. The van der Waals surface area contributed by atoms with Crippen molar-refractivity contribution in [3.63, 3.8) is 0 Å².